The summed E-state index contributed by atoms with van der Waals surface area (Å²) in [6.45, 7) is 3.79. The van der Waals surface area contributed by atoms with E-state index in [0.717, 1.165) is 11.1 Å². The zero-order valence-electron chi connectivity index (χ0n) is 15.4. The molecule has 7 heteroatoms. The molecule has 0 radical (unpaired) electrons. The van der Waals surface area contributed by atoms with Crippen LogP contribution in [0.3, 0.4) is 0 Å². The topological polar surface area (TPSA) is 80.6 Å². The van der Waals surface area contributed by atoms with Gasteiger partial charge in [-0.25, -0.2) is 0 Å². The van der Waals surface area contributed by atoms with Crippen LogP contribution in [0.4, 0.5) is 11.4 Å². The highest BCUT2D eigenvalue weighted by atomic mass is 35.5. The van der Waals surface area contributed by atoms with E-state index in [1.165, 1.54) is 6.26 Å². The molecule has 2 amide bonds. The van der Waals surface area contributed by atoms with Gasteiger partial charge in [0.1, 0.15) is 5.75 Å². The molecule has 1 heterocycles. The van der Waals surface area contributed by atoms with Crippen LogP contribution < -0.4 is 15.4 Å². The smallest absolute Gasteiger partial charge is 0.291 e. The molecule has 0 atom stereocenters. The van der Waals surface area contributed by atoms with Crippen molar-refractivity contribution in [2.24, 2.45) is 0 Å². The van der Waals surface area contributed by atoms with Crippen LogP contribution in [0.5, 0.6) is 5.75 Å². The minimum absolute atomic E-state index is 0.126. The Morgan fingerprint density at radius 1 is 1.07 bits per heavy atom. The van der Waals surface area contributed by atoms with Gasteiger partial charge in [0, 0.05) is 5.69 Å². The number of anilines is 2. The summed E-state index contributed by atoms with van der Waals surface area (Å²) in [5.41, 5.74) is 3.00. The predicted octanol–water partition coefficient (Wildman–Crippen LogP) is 4.82. The van der Waals surface area contributed by atoms with Crippen molar-refractivity contribution in [2.45, 2.75) is 13.8 Å². The zero-order valence-corrected chi connectivity index (χ0v) is 16.2. The molecule has 1 aromatic heterocycles. The molecular weight excluding hydrogens is 380 g/mol. The normalized spacial score (nSPS) is 10.4. The summed E-state index contributed by atoms with van der Waals surface area (Å²) < 4.78 is 10.6. The van der Waals surface area contributed by atoms with E-state index in [1.54, 1.807) is 30.3 Å². The molecule has 2 N–H and O–H groups in total. The van der Waals surface area contributed by atoms with Crippen LogP contribution in [0, 0.1) is 13.8 Å². The van der Waals surface area contributed by atoms with Gasteiger partial charge in [-0.15, -0.1) is 0 Å². The Bertz CT molecular complexity index is 1000. The number of ether oxygens (including phenoxy) is 1. The third-order valence-corrected chi connectivity index (χ3v) is 4.25. The van der Waals surface area contributed by atoms with Crippen LogP contribution in [0.15, 0.2) is 59.2 Å². The van der Waals surface area contributed by atoms with Gasteiger partial charge in [-0.3, -0.25) is 9.59 Å². The maximum absolute atomic E-state index is 12.1. The third kappa shape index (κ3) is 4.92. The highest BCUT2D eigenvalue weighted by Crippen LogP contribution is 2.26. The van der Waals surface area contributed by atoms with Crippen LogP contribution in [0.25, 0.3) is 0 Å². The zero-order chi connectivity index (χ0) is 20.1. The molecule has 0 aliphatic carbocycles. The van der Waals surface area contributed by atoms with Gasteiger partial charge in [0.2, 0.25) is 0 Å². The monoisotopic (exact) mass is 398 g/mol. The van der Waals surface area contributed by atoms with Gasteiger partial charge >= 0.3 is 0 Å². The fraction of sp³-hybridized carbons (Fsp3) is 0.143. The number of halogens is 1. The van der Waals surface area contributed by atoms with Gasteiger partial charge in [0.25, 0.3) is 11.8 Å². The van der Waals surface area contributed by atoms with Crippen molar-refractivity contribution in [3.05, 3.63) is 76.7 Å². The summed E-state index contributed by atoms with van der Waals surface area (Å²) in [4.78, 5) is 24.1. The number of amides is 2. The van der Waals surface area contributed by atoms with Crippen LogP contribution in [-0.4, -0.2) is 18.4 Å². The van der Waals surface area contributed by atoms with Crippen LogP contribution in [0.2, 0.25) is 5.02 Å². The molecule has 0 spiro atoms. The average molecular weight is 399 g/mol. The summed E-state index contributed by atoms with van der Waals surface area (Å²) in [5, 5.41) is 5.65. The first-order valence-electron chi connectivity index (χ1n) is 8.56. The van der Waals surface area contributed by atoms with Crippen LogP contribution >= 0.6 is 11.6 Å². The molecule has 0 saturated carbocycles. The van der Waals surface area contributed by atoms with Gasteiger partial charge in [0.15, 0.2) is 12.4 Å². The van der Waals surface area contributed by atoms with Gasteiger partial charge in [-0.1, -0.05) is 29.3 Å². The van der Waals surface area contributed by atoms with Crippen molar-refractivity contribution < 1.29 is 18.7 Å². The molecule has 0 fully saturated rings. The molecule has 3 aromatic rings. The second kappa shape index (κ2) is 8.63. The van der Waals surface area contributed by atoms with Crippen molar-refractivity contribution in [3.63, 3.8) is 0 Å². The number of nitrogens with one attached hydrogen (secondary N) is 2. The Balaban J connectivity index is 1.57. The van der Waals surface area contributed by atoms with Crippen LogP contribution in [-0.2, 0) is 4.79 Å². The van der Waals surface area contributed by atoms with Crippen LogP contribution in [0.1, 0.15) is 21.7 Å². The number of hydrogen-bond donors (Lipinski definition) is 2. The first kappa shape index (κ1) is 19.5. The number of benzene rings is 2. The predicted molar refractivity (Wildman–Crippen MR) is 108 cm³/mol. The highest BCUT2D eigenvalue weighted by molar-refractivity contribution is 6.34. The summed E-state index contributed by atoms with van der Waals surface area (Å²) >= 11 is 6.20. The second-order valence-electron chi connectivity index (χ2n) is 6.23. The van der Waals surface area contributed by atoms with Crippen molar-refractivity contribution in [2.75, 3.05) is 17.2 Å². The Morgan fingerprint density at radius 3 is 2.57 bits per heavy atom. The van der Waals surface area contributed by atoms with Gasteiger partial charge < -0.3 is 19.8 Å². The van der Waals surface area contributed by atoms with Gasteiger partial charge in [0.05, 0.1) is 17.0 Å². The molecule has 2 aromatic carbocycles. The SMILES string of the molecule is Cc1ccc(OCC(=O)Nc2ccc(NC(=O)c3ccco3)c(Cl)c2)c(C)c1. The number of carbonyl (C=O) groups is 2. The molecule has 3 rings (SSSR count). The minimum atomic E-state index is -0.412. The first-order valence-corrected chi connectivity index (χ1v) is 8.94. The lowest BCUT2D eigenvalue weighted by atomic mass is 10.1. The molecule has 0 aliphatic heterocycles. The molecule has 28 heavy (non-hydrogen) atoms. The van der Waals surface area contributed by atoms with E-state index in [2.05, 4.69) is 10.6 Å². The summed E-state index contributed by atoms with van der Waals surface area (Å²) in [6, 6.07) is 13.7. The van der Waals surface area contributed by atoms with Gasteiger partial charge in [-0.2, -0.15) is 0 Å². The fourth-order valence-electron chi connectivity index (χ4n) is 2.59. The largest absolute Gasteiger partial charge is 0.483 e. The van der Waals surface area contributed by atoms with E-state index in [9.17, 15) is 9.59 Å². The number of hydrogen-bond acceptors (Lipinski definition) is 4. The summed E-state index contributed by atoms with van der Waals surface area (Å²) in [7, 11) is 0. The Kier molecular flexibility index (Phi) is 6.01. The lowest BCUT2D eigenvalue weighted by Crippen LogP contribution is -2.20. The molecule has 0 unspecified atom stereocenters. The van der Waals surface area contributed by atoms with E-state index < -0.39 is 5.91 Å². The lowest BCUT2D eigenvalue weighted by molar-refractivity contribution is -0.118. The Hall–Kier alpha value is -3.25. The first-order chi connectivity index (χ1) is 13.4. The van der Waals surface area contributed by atoms with E-state index in [1.807, 2.05) is 32.0 Å². The summed E-state index contributed by atoms with van der Waals surface area (Å²) in [6.07, 6.45) is 1.41. The summed E-state index contributed by atoms with van der Waals surface area (Å²) in [5.74, 6) is 0.112. The number of aryl methyl sites for hydroxylation is 2. The minimum Gasteiger partial charge on any atom is -0.483 e. The molecule has 0 bridgehead atoms. The van der Waals surface area contributed by atoms with Crippen molar-refractivity contribution in [1.29, 1.82) is 0 Å². The lowest BCUT2D eigenvalue weighted by Gasteiger charge is -2.11. The molecule has 0 aliphatic rings. The van der Waals surface area contributed by atoms with Crippen molar-refractivity contribution in [3.8, 4) is 5.75 Å². The van der Waals surface area contributed by atoms with Crippen molar-refractivity contribution >= 4 is 34.8 Å². The van der Waals surface area contributed by atoms with E-state index >= 15 is 0 Å². The van der Waals surface area contributed by atoms with E-state index in [0.29, 0.717) is 17.1 Å². The number of furan rings is 1. The van der Waals surface area contributed by atoms with E-state index in [-0.39, 0.29) is 23.3 Å². The number of carbonyl (C=O) groups excluding carboxylic acids is 2. The van der Waals surface area contributed by atoms with Gasteiger partial charge in [-0.05, 0) is 55.8 Å². The third-order valence-electron chi connectivity index (χ3n) is 3.94. The highest BCUT2D eigenvalue weighted by Gasteiger charge is 2.12. The Labute approximate surface area is 167 Å². The quantitative estimate of drug-likeness (QED) is 0.623. The van der Waals surface area contributed by atoms with E-state index in [4.69, 9.17) is 20.8 Å². The molecule has 6 nitrogen and oxygen atoms in total. The fourth-order valence-corrected chi connectivity index (χ4v) is 2.82. The number of rotatable bonds is 6. The maximum atomic E-state index is 12.1. The second-order valence-corrected chi connectivity index (χ2v) is 6.64. The maximum Gasteiger partial charge on any atom is 0.291 e. The molecule has 144 valence electrons. The van der Waals surface area contributed by atoms with Crippen molar-refractivity contribution in [1.82, 2.24) is 0 Å². The molecule has 0 saturated heterocycles. The average Bonchev–Trinajstić information content (AvgIpc) is 3.18. The molecular formula is C21H19ClN2O4. The standard InChI is InChI=1S/C21H19ClN2O4/c1-13-5-8-18(14(2)10-13)28-12-20(25)23-15-6-7-17(16(22)11-15)24-21(26)19-4-3-9-27-19/h3-11H,12H2,1-2H3,(H,23,25)(H,24,26). The Morgan fingerprint density at radius 2 is 1.89 bits per heavy atom.